The molecule has 0 amide bonds. The quantitative estimate of drug-likeness (QED) is 0.152. The fourth-order valence-electron chi connectivity index (χ4n) is 4.73. The molecule has 1 aliphatic carbocycles. The molecule has 1 aromatic carbocycles. The number of benzene rings is 1. The van der Waals surface area contributed by atoms with Gasteiger partial charge in [0.2, 0.25) is 0 Å². The summed E-state index contributed by atoms with van der Waals surface area (Å²) in [4.78, 5) is 45.1. The number of aromatic carboxylic acids is 1. The Morgan fingerprint density at radius 2 is 1.73 bits per heavy atom. The van der Waals surface area contributed by atoms with Gasteiger partial charge in [0.1, 0.15) is 4.91 Å². The number of aliphatic imine (C=N–C) groups is 1. The Bertz CT molecular complexity index is 1670. The summed E-state index contributed by atoms with van der Waals surface area (Å²) in [6.45, 7) is 0.139. The Morgan fingerprint density at radius 3 is 2.44 bits per heavy atom. The molecule has 3 N–H and O–H groups in total. The van der Waals surface area contributed by atoms with Crippen molar-refractivity contribution < 1.29 is 49.2 Å². The third-order valence-corrected chi connectivity index (χ3v) is 8.10. The average Bonchev–Trinajstić information content (AvgIpc) is 3.52. The molecule has 0 spiro atoms. The fourth-order valence-corrected chi connectivity index (χ4v) is 5.88. The molecule has 0 saturated carbocycles. The maximum Gasteiger partial charge on any atom is 2.00 e. The van der Waals surface area contributed by atoms with Crippen molar-refractivity contribution in [3.63, 3.8) is 0 Å². The molecule has 6 rings (SSSR count). The number of rotatable bonds is 7. The van der Waals surface area contributed by atoms with E-state index in [1.807, 2.05) is 6.20 Å². The van der Waals surface area contributed by atoms with Crippen molar-refractivity contribution in [2.24, 2.45) is 10.9 Å². The van der Waals surface area contributed by atoms with E-state index in [2.05, 4.69) is 75.2 Å². The number of hydrogen-bond donors (Lipinski definition) is 3. The maximum absolute atomic E-state index is 11.5. The van der Waals surface area contributed by atoms with Crippen LogP contribution in [0.3, 0.4) is 0 Å². The van der Waals surface area contributed by atoms with Gasteiger partial charge in [-0.2, -0.15) is 16.1 Å². The van der Waals surface area contributed by atoms with Crippen molar-refractivity contribution in [1.29, 1.82) is 0 Å². The van der Waals surface area contributed by atoms with E-state index >= 15 is 0 Å². The van der Waals surface area contributed by atoms with Gasteiger partial charge in [0.25, 0.3) is 0 Å². The second-order valence-electron chi connectivity index (χ2n) is 9.75. The monoisotopic (exact) mass is 731 g/mol. The van der Waals surface area contributed by atoms with Crippen LogP contribution in [0.1, 0.15) is 28.5 Å². The van der Waals surface area contributed by atoms with Gasteiger partial charge in [-0.05, 0) is 48.4 Å². The third kappa shape index (κ3) is 8.97. The minimum Gasteiger partial charge on any atom is -0.680 e. The Labute approximate surface area is 280 Å². The molecule has 0 bridgehead atoms. The number of carbonyl (C=O) groups is 3. The van der Waals surface area contributed by atoms with E-state index in [9.17, 15) is 19.5 Å². The van der Waals surface area contributed by atoms with Crippen molar-refractivity contribution in [1.82, 2.24) is 4.98 Å². The second kappa shape index (κ2) is 16.3. The number of dihydropyridines is 1. The van der Waals surface area contributed by atoms with Gasteiger partial charge in [-0.25, -0.2) is 14.4 Å². The SMILES string of the molecule is C1=CC2C=C[N-]C2C([SH+]c2ccccc2)=C1.O=C(O)C1=CC[N-]C(C2=NC(c3cc(C(=O)O)ccn3)CC(C(=O)O)=C2)=C1.P.[Ru+2]. The number of thiol groups is 1. The summed E-state index contributed by atoms with van der Waals surface area (Å²) in [5.41, 5.74) is 0.896. The average molecular weight is 731 g/mol. The van der Waals surface area contributed by atoms with Crippen molar-refractivity contribution >= 4 is 45.3 Å². The summed E-state index contributed by atoms with van der Waals surface area (Å²) in [7, 11) is 0. The van der Waals surface area contributed by atoms with Gasteiger partial charge in [-0.1, -0.05) is 42.5 Å². The van der Waals surface area contributed by atoms with Crippen LogP contribution in [0.25, 0.3) is 10.6 Å². The zero-order chi connectivity index (χ0) is 30.3. The predicted octanol–water partition coefficient (Wildman–Crippen LogP) is 5.21. The molecular formula is C32H30N4O6PRuS+. The van der Waals surface area contributed by atoms with E-state index in [-0.39, 0.29) is 70.5 Å². The van der Waals surface area contributed by atoms with E-state index in [0.29, 0.717) is 17.7 Å². The first-order valence-electron chi connectivity index (χ1n) is 13.3. The molecule has 10 nitrogen and oxygen atoms in total. The van der Waals surface area contributed by atoms with Crippen molar-refractivity contribution in [2.45, 2.75) is 23.4 Å². The van der Waals surface area contributed by atoms with Crippen LogP contribution in [0.5, 0.6) is 0 Å². The number of aliphatic carboxylic acids is 2. The van der Waals surface area contributed by atoms with E-state index in [1.165, 1.54) is 58.1 Å². The van der Waals surface area contributed by atoms with Crippen LogP contribution in [0.15, 0.2) is 129 Å². The summed E-state index contributed by atoms with van der Waals surface area (Å²) < 4.78 is 0. The smallest absolute Gasteiger partial charge is 0.680 e. The van der Waals surface area contributed by atoms with E-state index in [4.69, 9.17) is 10.2 Å². The number of nitrogens with zero attached hydrogens (tertiary/aromatic N) is 4. The maximum atomic E-state index is 11.5. The first-order valence-corrected chi connectivity index (χ1v) is 14.2. The van der Waals surface area contributed by atoms with E-state index in [1.54, 1.807) is 0 Å². The van der Waals surface area contributed by atoms with Gasteiger partial charge in [0.15, 0.2) is 4.90 Å². The fraction of sp³-hybridized carbons (Fsp3) is 0.156. The van der Waals surface area contributed by atoms with Crippen LogP contribution in [-0.4, -0.2) is 56.5 Å². The number of hydrogen-bond acceptors (Lipinski definition) is 5. The minimum absolute atomic E-state index is 0. The molecule has 4 aliphatic rings. The summed E-state index contributed by atoms with van der Waals surface area (Å²) in [5, 5.41) is 36.4. The number of carboxylic acids is 3. The van der Waals surface area contributed by atoms with Crippen LogP contribution in [0.2, 0.25) is 0 Å². The van der Waals surface area contributed by atoms with Gasteiger partial charge in [-0.15, -0.1) is 18.3 Å². The van der Waals surface area contributed by atoms with Crippen LogP contribution in [-0.2, 0) is 40.8 Å². The number of allylic oxidation sites excluding steroid dienone is 3. The van der Waals surface area contributed by atoms with Crippen LogP contribution < -0.4 is 0 Å². The molecule has 4 atom stereocenters. The summed E-state index contributed by atoms with van der Waals surface area (Å²) in [5.74, 6) is -2.91. The summed E-state index contributed by atoms with van der Waals surface area (Å²) in [6, 6.07) is 12.8. The molecular weight excluding hydrogens is 700 g/mol. The predicted molar refractivity (Wildman–Crippen MR) is 175 cm³/mol. The summed E-state index contributed by atoms with van der Waals surface area (Å²) in [6.07, 6.45) is 16.2. The van der Waals surface area contributed by atoms with Crippen molar-refractivity contribution in [2.75, 3.05) is 6.54 Å². The van der Waals surface area contributed by atoms with Crippen molar-refractivity contribution in [3.8, 4) is 0 Å². The topological polar surface area (TPSA) is 165 Å². The van der Waals surface area contributed by atoms with Crippen LogP contribution in [0.4, 0.5) is 0 Å². The number of pyridine rings is 1. The second-order valence-corrected chi connectivity index (χ2v) is 11.0. The molecule has 3 aliphatic heterocycles. The number of fused-ring (bicyclic) bond motifs is 1. The molecule has 0 radical (unpaired) electrons. The normalized spacial score (nSPS) is 20.7. The van der Waals surface area contributed by atoms with Gasteiger partial charge < -0.3 is 26.0 Å². The third-order valence-electron chi connectivity index (χ3n) is 6.87. The molecule has 0 saturated heterocycles. The van der Waals surface area contributed by atoms with Gasteiger partial charge in [0.05, 0.1) is 22.9 Å². The Hall–Kier alpha value is -4.11. The van der Waals surface area contributed by atoms with Crippen LogP contribution >= 0.6 is 9.90 Å². The zero-order valence-corrected chi connectivity index (χ0v) is 27.8. The number of aromatic nitrogens is 1. The zero-order valence-electron chi connectivity index (χ0n) is 23.7. The molecule has 232 valence electrons. The van der Waals surface area contributed by atoms with Gasteiger partial charge >= 0.3 is 37.4 Å². The number of carboxylic acid groups (broad SMARTS) is 3. The molecule has 0 fully saturated rings. The van der Waals surface area contributed by atoms with E-state index in [0.717, 1.165) is 0 Å². The minimum atomic E-state index is -1.15. The Balaban J connectivity index is 0.000000262. The molecule has 4 unspecified atom stereocenters. The standard InChI is InChI=1S/C18H14N3O6.C14H12NS.H3P.Ru/c22-16(23)9-1-3-19-12(5-9)14-7-11(18(26)27)8-15(21-14)13-6-10(17(24)25)2-4-20-13;1-2-6-12(7-3-1)16-13-8-4-5-11-9-10-15-14(11)13;;/h1-3,5-6,8,14H,4,7H2,(H,22,23)(H,24,25)(H,26,27);1-11,14H;1H3;/q2*-1;;+2/p+1. The summed E-state index contributed by atoms with van der Waals surface area (Å²) >= 11 is 1.28. The molecule has 13 heteroatoms. The molecule has 2 aromatic rings. The van der Waals surface area contributed by atoms with Gasteiger partial charge in [-0.3, -0.25) is 9.98 Å². The first-order chi connectivity index (χ1) is 20.8. The molecule has 4 heterocycles. The molecule has 1 aromatic heterocycles. The molecule has 45 heavy (non-hydrogen) atoms. The first kappa shape index (κ1) is 35.4. The Morgan fingerprint density at radius 1 is 0.956 bits per heavy atom. The Kier molecular flexibility index (Phi) is 12.8. The van der Waals surface area contributed by atoms with Gasteiger partial charge in [0, 0.05) is 35.7 Å². The largest absolute Gasteiger partial charge is 2.00 e. The van der Waals surface area contributed by atoms with E-state index < -0.39 is 23.9 Å². The van der Waals surface area contributed by atoms with Crippen molar-refractivity contribution in [3.05, 3.63) is 141 Å². The van der Waals surface area contributed by atoms with Crippen LogP contribution in [0, 0.1) is 5.92 Å².